The Hall–Kier alpha value is -3.19. The smallest absolute Gasteiger partial charge is 0.295 e. The van der Waals surface area contributed by atoms with Crippen LogP contribution in [0.5, 0.6) is 11.5 Å². The van der Waals surface area contributed by atoms with Crippen LogP contribution in [-0.4, -0.2) is 56.6 Å². The number of hydrogen-bond acceptors (Lipinski definition) is 6. The summed E-state index contributed by atoms with van der Waals surface area (Å²) in [6, 6.07) is 9.86. The van der Waals surface area contributed by atoms with Crippen LogP contribution in [0.25, 0.3) is 5.76 Å². The number of likely N-dealkylation sites (tertiary alicyclic amines) is 1. The zero-order valence-electron chi connectivity index (χ0n) is 19.5. The van der Waals surface area contributed by atoms with Crippen molar-refractivity contribution in [2.45, 2.75) is 25.8 Å². The van der Waals surface area contributed by atoms with E-state index in [9.17, 15) is 14.7 Å². The van der Waals surface area contributed by atoms with E-state index in [4.69, 9.17) is 21.1 Å². The maximum atomic E-state index is 13.2. The molecule has 1 amide bonds. The van der Waals surface area contributed by atoms with Crippen LogP contribution < -0.4 is 14.4 Å². The van der Waals surface area contributed by atoms with Crippen molar-refractivity contribution in [1.82, 2.24) is 4.90 Å². The number of nitrogens with zero attached hydrogens (tertiary/aromatic N) is 2. The molecule has 0 saturated carbocycles. The second-order valence-corrected chi connectivity index (χ2v) is 8.43. The minimum absolute atomic E-state index is 0.0105. The molecule has 1 atom stereocenters. The van der Waals surface area contributed by atoms with Crippen molar-refractivity contribution in [2.24, 2.45) is 0 Å². The van der Waals surface area contributed by atoms with E-state index in [1.54, 1.807) is 0 Å². The molecule has 0 aliphatic carbocycles. The van der Waals surface area contributed by atoms with Gasteiger partial charge in [-0.15, -0.1) is 0 Å². The Labute approximate surface area is 199 Å². The van der Waals surface area contributed by atoms with Gasteiger partial charge in [0.15, 0.2) is 0 Å². The topological polar surface area (TPSA) is 79.3 Å². The van der Waals surface area contributed by atoms with Crippen molar-refractivity contribution in [2.75, 3.05) is 39.8 Å². The molecule has 1 heterocycles. The summed E-state index contributed by atoms with van der Waals surface area (Å²) in [5.41, 5.74) is 1.95. The standard InChI is InChI=1S/C25H29ClN2O5/c1-6-7-12-28-22(15-8-10-16(11-9-15)27(2)3)21(24(30)25(28)31)23(29)17-13-20(33-5)18(26)14-19(17)32-4/h8-11,13-14,22,29H,6-7,12H2,1-5H3/b23-21+. The number of halogens is 1. The van der Waals surface area contributed by atoms with Gasteiger partial charge in [0.2, 0.25) is 0 Å². The van der Waals surface area contributed by atoms with Gasteiger partial charge in [-0.05, 0) is 30.2 Å². The first-order valence-electron chi connectivity index (χ1n) is 10.7. The lowest BCUT2D eigenvalue weighted by Crippen LogP contribution is -2.30. The number of carbonyl (C=O) groups excluding carboxylic acids is 2. The number of ketones is 1. The van der Waals surface area contributed by atoms with Crippen LogP contribution in [0, 0.1) is 0 Å². The number of carbonyl (C=O) groups is 2. The lowest BCUT2D eigenvalue weighted by molar-refractivity contribution is -0.139. The van der Waals surface area contributed by atoms with E-state index in [0.717, 1.165) is 24.1 Å². The average molecular weight is 473 g/mol. The van der Waals surface area contributed by atoms with Crippen LogP contribution in [0.15, 0.2) is 42.0 Å². The molecule has 7 nitrogen and oxygen atoms in total. The van der Waals surface area contributed by atoms with Crippen molar-refractivity contribution >= 4 is 34.7 Å². The Morgan fingerprint density at radius 2 is 1.73 bits per heavy atom. The molecule has 1 fully saturated rings. The number of aliphatic hydroxyl groups is 1. The van der Waals surface area contributed by atoms with Crippen LogP contribution in [0.1, 0.15) is 36.9 Å². The molecule has 1 aliphatic heterocycles. The van der Waals surface area contributed by atoms with Gasteiger partial charge in [-0.25, -0.2) is 0 Å². The second kappa shape index (κ2) is 10.2. The minimum Gasteiger partial charge on any atom is -0.507 e. The highest BCUT2D eigenvalue weighted by Gasteiger charge is 2.46. The van der Waals surface area contributed by atoms with Crippen LogP contribution in [0.3, 0.4) is 0 Å². The summed E-state index contributed by atoms with van der Waals surface area (Å²) in [6.45, 7) is 2.42. The largest absolute Gasteiger partial charge is 0.507 e. The maximum Gasteiger partial charge on any atom is 0.295 e. The van der Waals surface area contributed by atoms with Crippen molar-refractivity contribution < 1.29 is 24.2 Å². The van der Waals surface area contributed by atoms with Gasteiger partial charge in [-0.3, -0.25) is 9.59 Å². The predicted octanol–water partition coefficient (Wildman–Crippen LogP) is 4.65. The van der Waals surface area contributed by atoms with Crippen molar-refractivity contribution in [3.8, 4) is 11.5 Å². The molecule has 8 heteroatoms. The minimum atomic E-state index is -0.735. The number of anilines is 1. The first-order chi connectivity index (χ1) is 15.7. The van der Waals surface area contributed by atoms with Crippen molar-refractivity contribution in [3.63, 3.8) is 0 Å². The van der Waals surface area contributed by atoms with Crippen LogP contribution in [0.2, 0.25) is 5.02 Å². The third-order valence-electron chi connectivity index (χ3n) is 5.75. The Morgan fingerprint density at radius 1 is 1.09 bits per heavy atom. The number of Topliss-reactive ketones (excluding diaryl/α,β-unsaturated/α-hetero) is 1. The Kier molecular flexibility index (Phi) is 7.53. The Bertz CT molecular complexity index is 1080. The molecule has 1 unspecified atom stereocenters. The number of amides is 1. The summed E-state index contributed by atoms with van der Waals surface area (Å²) < 4.78 is 10.7. The quantitative estimate of drug-likeness (QED) is 0.342. The summed E-state index contributed by atoms with van der Waals surface area (Å²) in [5.74, 6) is -1.13. The van der Waals surface area contributed by atoms with E-state index in [0.29, 0.717) is 17.3 Å². The van der Waals surface area contributed by atoms with E-state index in [1.807, 2.05) is 50.2 Å². The van der Waals surface area contributed by atoms with Gasteiger partial charge in [-0.2, -0.15) is 0 Å². The highest BCUT2D eigenvalue weighted by atomic mass is 35.5. The molecule has 0 spiro atoms. The second-order valence-electron chi connectivity index (χ2n) is 8.02. The molecule has 1 aliphatic rings. The van der Waals surface area contributed by atoms with Crippen LogP contribution in [-0.2, 0) is 9.59 Å². The van der Waals surface area contributed by atoms with Crippen molar-refractivity contribution in [3.05, 3.63) is 58.1 Å². The summed E-state index contributed by atoms with van der Waals surface area (Å²) in [7, 11) is 6.75. The molecule has 0 bridgehead atoms. The monoisotopic (exact) mass is 472 g/mol. The van der Waals surface area contributed by atoms with E-state index >= 15 is 0 Å². The molecule has 1 saturated heterocycles. The number of rotatable bonds is 8. The Morgan fingerprint density at radius 3 is 2.27 bits per heavy atom. The molecule has 1 N–H and O–H groups in total. The first kappa shape index (κ1) is 24.5. The number of aliphatic hydroxyl groups excluding tert-OH is 1. The van der Waals surface area contributed by atoms with E-state index < -0.39 is 17.7 Å². The molecular weight excluding hydrogens is 444 g/mol. The molecule has 0 aromatic heterocycles. The fourth-order valence-electron chi connectivity index (χ4n) is 3.93. The summed E-state index contributed by atoms with van der Waals surface area (Å²) in [6.07, 6.45) is 1.59. The van der Waals surface area contributed by atoms with Crippen LogP contribution >= 0.6 is 11.6 Å². The van der Waals surface area contributed by atoms with Gasteiger partial charge in [0.05, 0.1) is 36.4 Å². The molecule has 3 rings (SSSR count). The van der Waals surface area contributed by atoms with E-state index in [2.05, 4.69) is 0 Å². The number of benzene rings is 2. The van der Waals surface area contributed by atoms with Gasteiger partial charge in [0, 0.05) is 32.4 Å². The zero-order chi connectivity index (χ0) is 24.3. The summed E-state index contributed by atoms with van der Waals surface area (Å²) in [5, 5.41) is 11.6. The fourth-order valence-corrected chi connectivity index (χ4v) is 4.16. The van der Waals surface area contributed by atoms with Gasteiger partial charge in [-0.1, -0.05) is 37.1 Å². The Balaban J connectivity index is 2.23. The molecule has 0 radical (unpaired) electrons. The lowest BCUT2D eigenvalue weighted by Gasteiger charge is -2.26. The van der Waals surface area contributed by atoms with Gasteiger partial charge in [0.1, 0.15) is 17.3 Å². The third-order valence-corrected chi connectivity index (χ3v) is 6.04. The number of hydrogen-bond donors (Lipinski definition) is 1. The molecule has 2 aromatic carbocycles. The normalized spacial score (nSPS) is 17.4. The molecular formula is C25H29ClN2O5. The zero-order valence-corrected chi connectivity index (χ0v) is 20.3. The molecule has 2 aromatic rings. The lowest BCUT2D eigenvalue weighted by atomic mass is 9.94. The number of unbranched alkanes of at least 4 members (excludes halogenated alkanes) is 1. The van der Waals surface area contributed by atoms with Gasteiger partial charge < -0.3 is 24.4 Å². The van der Waals surface area contributed by atoms with Gasteiger partial charge >= 0.3 is 0 Å². The third kappa shape index (κ3) is 4.64. The molecule has 176 valence electrons. The van der Waals surface area contributed by atoms with E-state index in [-0.39, 0.29) is 22.6 Å². The maximum absolute atomic E-state index is 13.2. The molecule has 33 heavy (non-hydrogen) atoms. The van der Waals surface area contributed by atoms with Crippen molar-refractivity contribution in [1.29, 1.82) is 0 Å². The van der Waals surface area contributed by atoms with Crippen LogP contribution in [0.4, 0.5) is 5.69 Å². The van der Waals surface area contributed by atoms with Gasteiger partial charge in [0.25, 0.3) is 11.7 Å². The average Bonchev–Trinajstić information content (AvgIpc) is 3.06. The summed E-state index contributed by atoms with van der Waals surface area (Å²) >= 11 is 6.21. The number of methoxy groups -OCH3 is 2. The highest BCUT2D eigenvalue weighted by molar-refractivity contribution is 6.46. The number of ether oxygens (including phenoxy) is 2. The highest BCUT2D eigenvalue weighted by Crippen LogP contribution is 2.43. The summed E-state index contributed by atoms with van der Waals surface area (Å²) in [4.78, 5) is 29.6. The first-order valence-corrected chi connectivity index (χ1v) is 11.1. The predicted molar refractivity (Wildman–Crippen MR) is 129 cm³/mol. The van der Waals surface area contributed by atoms with E-state index in [1.165, 1.54) is 31.3 Å². The SMILES string of the molecule is CCCCN1C(=O)C(=O)/C(=C(/O)c2cc(OC)c(Cl)cc2OC)C1c1ccc(N(C)C)cc1. The fraction of sp³-hybridized carbons (Fsp3) is 0.360.